The minimum atomic E-state index is -1.26. The molecule has 2 aromatic carbocycles. The highest BCUT2D eigenvalue weighted by Crippen LogP contribution is 2.31. The Kier molecular flexibility index (Phi) is 4.43. The SMILES string of the molecule is CC1(c2ccc(F)cc2)NC(=O)N(Cc2csc(-c3ccc(F)cc3)n2)C1=O. The summed E-state index contributed by atoms with van der Waals surface area (Å²) in [4.78, 5) is 30.9. The fraction of sp³-hybridized carbons (Fsp3) is 0.150. The van der Waals surface area contributed by atoms with Crippen molar-refractivity contribution in [3.05, 3.63) is 76.8 Å². The van der Waals surface area contributed by atoms with Gasteiger partial charge in [-0.3, -0.25) is 9.69 Å². The van der Waals surface area contributed by atoms with Gasteiger partial charge in [0.2, 0.25) is 0 Å². The van der Waals surface area contributed by atoms with E-state index in [-0.39, 0.29) is 12.4 Å². The van der Waals surface area contributed by atoms with Crippen molar-refractivity contribution in [1.29, 1.82) is 0 Å². The second kappa shape index (κ2) is 6.79. The Morgan fingerprint density at radius 1 is 1.04 bits per heavy atom. The molecule has 1 saturated heterocycles. The van der Waals surface area contributed by atoms with Gasteiger partial charge in [-0.1, -0.05) is 12.1 Å². The van der Waals surface area contributed by atoms with Crippen molar-refractivity contribution in [1.82, 2.24) is 15.2 Å². The topological polar surface area (TPSA) is 62.3 Å². The smallest absolute Gasteiger partial charge is 0.319 e. The van der Waals surface area contributed by atoms with Crippen LogP contribution >= 0.6 is 11.3 Å². The van der Waals surface area contributed by atoms with Crippen LogP contribution in [0.1, 0.15) is 18.2 Å². The monoisotopic (exact) mass is 399 g/mol. The van der Waals surface area contributed by atoms with Crippen LogP contribution in [0, 0.1) is 11.6 Å². The molecule has 3 amide bonds. The molecule has 1 atom stereocenters. The highest BCUT2D eigenvalue weighted by atomic mass is 32.1. The van der Waals surface area contributed by atoms with Gasteiger partial charge in [0, 0.05) is 10.9 Å². The van der Waals surface area contributed by atoms with Gasteiger partial charge in [-0.05, 0) is 48.9 Å². The third kappa shape index (κ3) is 3.16. The molecular weight excluding hydrogens is 384 g/mol. The van der Waals surface area contributed by atoms with Gasteiger partial charge < -0.3 is 5.32 Å². The zero-order valence-electron chi connectivity index (χ0n) is 14.8. The van der Waals surface area contributed by atoms with Crippen molar-refractivity contribution in [2.75, 3.05) is 0 Å². The Morgan fingerprint density at radius 3 is 2.29 bits per heavy atom. The van der Waals surface area contributed by atoms with Crippen LogP contribution in [-0.4, -0.2) is 21.8 Å². The number of urea groups is 1. The lowest BCUT2D eigenvalue weighted by molar-refractivity contribution is -0.131. The van der Waals surface area contributed by atoms with Gasteiger partial charge in [-0.25, -0.2) is 18.6 Å². The zero-order chi connectivity index (χ0) is 19.9. The molecule has 2 heterocycles. The summed E-state index contributed by atoms with van der Waals surface area (Å²) < 4.78 is 26.3. The maximum absolute atomic E-state index is 13.2. The fourth-order valence-electron chi connectivity index (χ4n) is 3.09. The Balaban J connectivity index is 1.55. The van der Waals surface area contributed by atoms with Crippen LogP contribution in [0.2, 0.25) is 0 Å². The number of halogens is 2. The number of imide groups is 1. The number of carbonyl (C=O) groups excluding carboxylic acids is 2. The van der Waals surface area contributed by atoms with E-state index in [1.54, 1.807) is 24.4 Å². The molecule has 5 nitrogen and oxygen atoms in total. The van der Waals surface area contributed by atoms with Gasteiger partial charge in [0.05, 0.1) is 12.2 Å². The molecule has 1 unspecified atom stereocenters. The standard InChI is InChI=1S/C20H15F2N3O2S/c1-20(13-4-8-15(22)9-5-13)18(26)25(19(27)24-20)10-16-11-28-17(23-16)12-2-6-14(21)7-3-12/h2-9,11H,10H2,1H3,(H,24,27). The maximum Gasteiger partial charge on any atom is 0.325 e. The van der Waals surface area contributed by atoms with Gasteiger partial charge >= 0.3 is 6.03 Å². The quantitative estimate of drug-likeness (QED) is 0.673. The van der Waals surface area contributed by atoms with Gasteiger partial charge in [0.1, 0.15) is 22.2 Å². The summed E-state index contributed by atoms with van der Waals surface area (Å²) in [6.45, 7) is 1.60. The average molecular weight is 399 g/mol. The summed E-state index contributed by atoms with van der Waals surface area (Å²) in [6.07, 6.45) is 0. The number of thiazole rings is 1. The Bertz CT molecular complexity index is 1050. The van der Waals surface area contributed by atoms with Crippen LogP contribution in [0.3, 0.4) is 0 Å². The summed E-state index contributed by atoms with van der Waals surface area (Å²) >= 11 is 1.35. The lowest BCUT2D eigenvalue weighted by Crippen LogP contribution is -2.40. The number of carbonyl (C=O) groups is 2. The Labute approximate surface area is 163 Å². The summed E-state index contributed by atoms with van der Waals surface area (Å²) in [6, 6.07) is 10.9. The third-order valence-electron chi connectivity index (χ3n) is 4.66. The number of benzene rings is 2. The molecule has 1 aliphatic rings. The van der Waals surface area contributed by atoms with Crippen LogP contribution < -0.4 is 5.32 Å². The average Bonchev–Trinajstić information content (AvgIpc) is 3.22. The molecule has 0 radical (unpaired) electrons. The van der Waals surface area contributed by atoms with Crippen molar-refractivity contribution >= 4 is 23.3 Å². The number of nitrogens with zero attached hydrogens (tertiary/aromatic N) is 2. The number of aromatic nitrogens is 1. The lowest BCUT2D eigenvalue weighted by Gasteiger charge is -2.22. The number of rotatable bonds is 4. The van der Waals surface area contributed by atoms with Gasteiger partial charge in [-0.15, -0.1) is 11.3 Å². The van der Waals surface area contributed by atoms with Crippen molar-refractivity contribution in [3.63, 3.8) is 0 Å². The molecule has 0 aliphatic carbocycles. The van der Waals surface area contributed by atoms with Crippen molar-refractivity contribution in [2.45, 2.75) is 19.0 Å². The normalized spacial score (nSPS) is 19.2. The van der Waals surface area contributed by atoms with E-state index in [0.717, 1.165) is 10.5 Å². The highest BCUT2D eigenvalue weighted by molar-refractivity contribution is 7.13. The summed E-state index contributed by atoms with van der Waals surface area (Å²) in [5, 5.41) is 5.11. The van der Waals surface area contributed by atoms with E-state index >= 15 is 0 Å². The minimum absolute atomic E-state index is 0.0130. The summed E-state index contributed by atoms with van der Waals surface area (Å²) in [7, 11) is 0. The molecule has 0 bridgehead atoms. The Morgan fingerprint density at radius 2 is 1.64 bits per heavy atom. The molecule has 142 valence electrons. The van der Waals surface area contributed by atoms with E-state index < -0.39 is 23.3 Å². The summed E-state index contributed by atoms with van der Waals surface area (Å²) in [5.74, 6) is -1.18. The molecule has 0 spiro atoms. The van der Waals surface area contributed by atoms with E-state index in [1.807, 2.05) is 0 Å². The first kappa shape index (κ1) is 18.2. The Hall–Kier alpha value is -3.13. The van der Waals surface area contributed by atoms with E-state index in [1.165, 1.54) is 47.7 Å². The molecule has 4 rings (SSSR count). The first-order valence-corrected chi connectivity index (χ1v) is 9.35. The second-order valence-electron chi connectivity index (χ2n) is 6.60. The number of hydrogen-bond donors (Lipinski definition) is 1. The van der Waals surface area contributed by atoms with Gasteiger partial charge in [0.25, 0.3) is 5.91 Å². The molecule has 28 heavy (non-hydrogen) atoms. The van der Waals surface area contributed by atoms with E-state index in [4.69, 9.17) is 0 Å². The predicted octanol–water partition coefficient (Wildman–Crippen LogP) is 4.06. The van der Waals surface area contributed by atoms with Crippen LogP contribution in [0.5, 0.6) is 0 Å². The van der Waals surface area contributed by atoms with Crippen molar-refractivity contribution in [2.24, 2.45) is 0 Å². The molecule has 8 heteroatoms. The van der Waals surface area contributed by atoms with Crippen LogP contribution in [0.15, 0.2) is 53.9 Å². The molecule has 1 N–H and O–H groups in total. The molecule has 1 fully saturated rings. The maximum atomic E-state index is 13.2. The predicted molar refractivity (Wildman–Crippen MR) is 100 cm³/mol. The second-order valence-corrected chi connectivity index (χ2v) is 7.46. The highest BCUT2D eigenvalue weighted by Gasteiger charge is 2.49. The minimum Gasteiger partial charge on any atom is -0.319 e. The van der Waals surface area contributed by atoms with Gasteiger partial charge in [-0.2, -0.15) is 0 Å². The van der Waals surface area contributed by atoms with Crippen molar-refractivity contribution in [3.8, 4) is 10.6 Å². The summed E-state index contributed by atoms with van der Waals surface area (Å²) in [5.41, 5.74) is 0.544. The van der Waals surface area contributed by atoms with Gasteiger partial charge in [0.15, 0.2) is 0 Å². The molecule has 1 aromatic heterocycles. The number of amides is 3. The third-order valence-corrected chi connectivity index (χ3v) is 5.60. The molecule has 3 aromatic rings. The number of hydrogen-bond acceptors (Lipinski definition) is 4. The van der Waals surface area contributed by atoms with Crippen LogP contribution in [0.4, 0.5) is 13.6 Å². The first-order chi connectivity index (χ1) is 13.4. The largest absolute Gasteiger partial charge is 0.325 e. The van der Waals surface area contributed by atoms with E-state index in [2.05, 4.69) is 10.3 Å². The molecule has 1 aliphatic heterocycles. The van der Waals surface area contributed by atoms with E-state index in [0.29, 0.717) is 16.3 Å². The zero-order valence-corrected chi connectivity index (χ0v) is 15.6. The van der Waals surface area contributed by atoms with Crippen LogP contribution in [0.25, 0.3) is 10.6 Å². The molecular formula is C20H15F2N3O2S. The first-order valence-electron chi connectivity index (χ1n) is 8.47. The van der Waals surface area contributed by atoms with E-state index in [9.17, 15) is 18.4 Å². The van der Waals surface area contributed by atoms with Crippen LogP contribution in [-0.2, 0) is 16.9 Å². The molecule has 0 saturated carbocycles. The lowest BCUT2D eigenvalue weighted by atomic mass is 9.92. The van der Waals surface area contributed by atoms with Crippen molar-refractivity contribution < 1.29 is 18.4 Å². The fourth-order valence-corrected chi connectivity index (χ4v) is 3.90. The number of nitrogens with one attached hydrogen (secondary N) is 1.